The second kappa shape index (κ2) is 5.99. The lowest BCUT2D eigenvalue weighted by Crippen LogP contribution is -2.52. The van der Waals surface area contributed by atoms with Crippen molar-refractivity contribution in [3.63, 3.8) is 0 Å². The molecule has 0 heterocycles. The molecular weight excluding hydrogens is 200 g/mol. The normalized spacial score (nSPS) is 15.1. The molecule has 1 rings (SSSR count). The van der Waals surface area contributed by atoms with Crippen LogP contribution in [0, 0.1) is 0 Å². The molecule has 1 atom stereocenters. The fraction of sp³-hybridized carbons (Fsp3) is 0.538. The third-order valence-electron chi connectivity index (χ3n) is 2.70. The minimum atomic E-state index is -0.362. The average molecular weight is 222 g/mol. The minimum absolute atomic E-state index is 0.100. The number of nitrogens with one attached hydrogen (secondary N) is 1. The van der Waals surface area contributed by atoms with Crippen molar-refractivity contribution in [3.8, 4) is 0 Å². The van der Waals surface area contributed by atoms with Crippen LogP contribution in [0.2, 0.25) is 0 Å². The summed E-state index contributed by atoms with van der Waals surface area (Å²) in [4.78, 5) is 2.09. The van der Waals surface area contributed by atoms with E-state index < -0.39 is 0 Å². The summed E-state index contributed by atoms with van der Waals surface area (Å²) in [7, 11) is 4.04. The molecule has 3 heteroatoms. The maximum Gasteiger partial charge on any atom is 0.0797 e. The van der Waals surface area contributed by atoms with Gasteiger partial charge in [-0.2, -0.15) is 0 Å². The van der Waals surface area contributed by atoms with Crippen LogP contribution in [-0.2, 0) is 5.54 Å². The molecule has 0 saturated heterocycles. The van der Waals surface area contributed by atoms with Gasteiger partial charge in [-0.15, -0.1) is 0 Å². The van der Waals surface area contributed by atoms with Gasteiger partial charge in [-0.1, -0.05) is 37.3 Å². The van der Waals surface area contributed by atoms with Crippen molar-refractivity contribution in [3.05, 3.63) is 35.9 Å². The fourth-order valence-electron chi connectivity index (χ4n) is 2.08. The van der Waals surface area contributed by atoms with Crippen LogP contribution < -0.4 is 5.32 Å². The monoisotopic (exact) mass is 222 g/mol. The Balaban J connectivity index is 3.01. The van der Waals surface area contributed by atoms with E-state index in [9.17, 15) is 5.11 Å². The first-order chi connectivity index (χ1) is 7.64. The van der Waals surface area contributed by atoms with E-state index in [1.165, 1.54) is 0 Å². The topological polar surface area (TPSA) is 35.5 Å². The van der Waals surface area contributed by atoms with Gasteiger partial charge in [-0.3, -0.25) is 0 Å². The molecule has 0 spiro atoms. The molecule has 0 amide bonds. The van der Waals surface area contributed by atoms with Crippen molar-refractivity contribution in [2.24, 2.45) is 0 Å². The number of hydrogen-bond donors (Lipinski definition) is 2. The highest BCUT2D eigenvalue weighted by Crippen LogP contribution is 2.21. The fourth-order valence-corrected chi connectivity index (χ4v) is 2.08. The second-order valence-corrected chi connectivity index (χ2v) is 4.37. The maximum absolute atomic E-state index is 9.72. The molecule has 0 fully saturated rings. The maximum atomic E-state index is 9.72. The summed E-state index contributed by atoms with van der Waals surface area (Å²) in [5, 5.41) is 13.1. The Bertz CT molecular complexity index is 300. The predicted molar refractivity (Wildman–Crippen MR) is 67.4 cm³/mol. The van der Waals surface area contributed by atoms with Crippen molar-refractivity contribution >= 4 is 0 Å². The van der Waals surface area contributed by atoms with Crippen LogP contribution in [0.4, 0.5) is 0 Å². The van der Waals surface area contributed by atoms with Crippen LogP contribution in [0.25, 0.3) is 0 Å². The Labute approximate surface area is 98.1 Å². The van der Waals surface area contributed by atoms with Crippen LogP contribution in [-0.4, -0.2) is 43.8 Å². The molecule has 16 heavy (non-hydrogen) atoms. The number of rotatable bonds is 6. The van der Waals surface area contributed by atoms with Crippen LogP contribution in [0.15, 0.2) is 30.3 Å². The van der Waals surface area contributed by atoms with Crippen molar-refractivity contribution in [2.75, 3.05) is 33.8 Å². The molecule has 0 aromatic heterocycles. The van der Waals surface area contributed by atoms with Crippen molar-refractivity contribution in [2.45, 2.75) is 12.5 Å². The van der Waals surface area contributed by atoms with Gasteiger partial charge in [0.1, 0.15) is 0 Å². The molecule has 1 unspecified atom stereocenters. The lowest BCUT2D eigenvalue weighted by Gasteiger charge is -2.36. The first-order valence-electron chi connectivity index (χ1n) is 5.71. The molecule has 0 aliphatic heterocycles. The van der Waals surface area contributed by atoms with Gasteiger partial charge in [0.15, 0.2) is 0 Å². The molecule has 0 aliphatic rings. The summed E-state index contributed by atoms with van der Waals surface area (Å²) in [5.41, 5.74) is 0.771. The molecule has 1 aromatic carbocycles. The molecule has 0 saturated carbocycles. The molecule has 0 aliphatic carbocycles. The molecule has 0 bridgehead atoms. The third kappa shape index (κ3) is 3.04. The number of benzene rings is 1. The van der Waals surface area contributed by atoms with E-state index in [0.29, 0.717) is 0 Å². The van der Waals surface area contributed by atoms with Crippen LogP contribution in [0.5, 0.6) is 0 Å². The van der Waals surface area contributed by atoms with Crippen molar-refractivity contribution < 1.29 is 5.11 Å². The van der Waals surface area contributed by atoms with Gasteiger partial charge < -0.3 is 15.3 Å². The number of aliphatic hydroxyl groups is 1. The quantitative estimate of drug-likeness (QED) is 0.755. The number of aliphatic hydroxyl groups excluding tert-OH is 1. The van der Waals surface area contributed by atoms with Crippen molar-refractivity contribution in [1.29, 1.82) is 0 Å². The van der Waals surface area contributed by atoms with E-state index in [4.69, 9.17) is 0 Å². The Morgan fingerprint density at radius 2 is 1.88 bits per heavy atom. The zero-order valence-corrected chi connectivity index (χ0v) is 10.4. The zero-order chi connectivity index (χ0) is 12.0. The number of hydrogen-bond acceptors (Lipinski definition) is 3. The van der Waals surface area contributed by atoms with Gasteiger partial charge in [0.2, 0.25) is 0 Å². The molecule has 0 radical (unpaired) electrons. The van der Waals surface area contributed by atoms with Gasteiger partial charge in [-0.25, -0.2) is 0 Å². The molecule has 1 aromatic rings. The van der Waals surface area contributed by atoms with Gasteiger partial charge >= 0.3 is 0 Å². The first-order valence-corrected chi connectivity index (χ1v) is 5.71. The Morgan fingerprint density at radius 1 is 1.25 bits per heavy atom. The Kier molecular flexibility index (Phi) is 4.93. The summed E-state index contributed by atoms with van der Waals surface area (Å²) in [6, 6.07) is 10.1. The number of likely N-dealkylation sites (N-methyl/N-ethyl adjacent to an activating group) is 2. The molecule has 2 N–H and O–H groups in total. The van der Waals surface area contributed by atoms with Gasteiger partial charge in [-0.05, 0) is 26.2 Å². The van der Waals surface area contributed by atoms with E-state index in [-0.39, 0.29) is 12.1 Å². The summed E-state index contributed by atoms with van der Waals surface area (Å²) in [6.07, 6.45) is 0. The Morgan fingerprint density at radius 3 is 2.31 bits per heavy atom. The smallest absolute Gasteiger partial charge is 0.0797 e. The van der Waals surface area contributed by atoms with Crippen LogP contribution in [0.3, 0.4) is 0 Å². The predicted octanol–water partition coefficient (Wildman–Crippen LogP) is 1.05. The van der Waals surface area contributed by atoms with E-state index in [1.807, 2.05) is 32.3 Å². The van der Waals surface area contributed by atoms with Crippen LogP contribution in [0.1, 0.15) is 12.5 Å². The SMILES string of the molecule is CCNC(CO)(CN(C)C)c1ccccc1. The van der Waals surface area contributed by atoms with Gasteiger partial charge in [0.25, 0.3) is 0 Å². The van der Waals surface area contributed by atoms with E-state index in [0.717, 1.165) is 18.7 Å². The largest absolute Gasteiger partial charge is 0.394 e. The summed E-state index contributed by atoms with van der Waals surface area (Å²) in [6.45, 7) is 3.77. The average Bonchev–Trinajstić information content (AvgIpc) is 2.29. The summed E-state index contributed by atoms with van der Waals surface area (Å²) >= 11 is 0. The van der Waals surface area contributed by atoms with Gasteiger partial charge in [0.05, 0.1) is 12.1 Å². The highest BCUT2D eigenvalue weighted by molar-refractivity contribution is 5.25. The second-order valence-electron chi connectivity index (χ2n) is 4.37. The molecule has 3 nitrogen and oxygen atoms in total. The third-order valence-corrected chi connectivity index (χ3v) is 2.70. The minimum Gasteiger partial charge on any atom is -0.394 e. The number of nitrogens with zero attached hydrogens (tertiary/aromatic N) is 1. The zero-order valence-electron chi connectivity index (χ0n) is 10.4. The van der Waals surface area contributed by atoms with E-state index in [2.05, 4.69) is 29.3 Å². The first kappa shape index (κ1) is 13.2. The van der Waals surface area contributed by atoms with Gasteiger partial charge in [0, 0.05) is 6.54 Å². The van der Waals surface area contributed by atoms with E-state index in [1.54, 1.807) is 0 Å². The highest BCUT2D eigenvalue weighted by atomic mass is 16.3. The standard InChI is InChI=1S/C13H22N2O/c1-4-14-13(11-16,10-15(2)3)12-8-6-5-7-9-12/h5-9,14,16H,4,10-11H2,1-3H3. The summed E-state index contributed by atoms with van der Waals surface area (Å²) < 4.78 is 0. The lowest BCUT2D eigenvalue weighted by molar-refractivity contribution is 0.129. The molecular formula is C13H22N2O. The lowest BCUT2D eigenvalue weighted by atomic mass is 9.90. The van der Waals surface area contributed by atoms with Crippen LogP contribution >= 0.6 is 0 Å². The van der Waals surface area contributed by atoms with Crippen molar-refractivity contribution in [1.82, 2.24) is 10.2 Å². The van der Waals surface area contributed by atoms with E-state index >= 15 is 0 Å². The Hall–Kier alpha value is -0.900. The molecule has 90 valence electrons. The highest BCUT2D eigenvalue weighted by Gasteiger charge is 2.30. The summed E-state index contributed by atoms with van der Waals surface area (Å²) in [5.74, 6) is 0.